The number of carbonyl (C=O) groups is 1. The summed E-state index contributed by atoms with van der Waals surface area (Å²) < 4.78 is 0. The number of hydrogen-bond acceptors (Lipinski definition) is 3. The highest BCUT2D eigenvalue weighted by atomic mass is 32.2. The van der Waals surface area contributed by atoms with Gasteiger partial charge in [0.15, 0.2) is 0 Å². The van der Waals surface area contributed by atoms with E-state index in [1.807, 2.05) is 4.90 Å². The van der Waals surface area contributed by atoms with Crippen molar-refractivity contribution in [3.63, 3.8) is 0 Å². The van der Waals surface area contributed by atoms with Crippen molar-refractivity contribution < 1.29 is 4.79 Å². The normalized spacial score (nSPS) is 21.3. The maximum absolute atomic E-state index is 11.7. The molecule has 0 radical (unpaired) electrons. The molecule has 1 saturated heterocycles. The van der Waals surface area contributed by atoms with Gasteiger partial charge in [-0.25, -0.2) is 0 Å². The molecule has 82 valence electrons. The van der Waals surface area contributed by atoms with Gasteiger partial charge in [0.1, 0.15) is 5.37 Å². The molecule has 1 unspecified atom stereocenters. The molecule has 0 aromatic carbocycles. The topological polar surface area (TPSA) is 20.3 Å². The molecule has 1 fully saturated rings. The van der Waals surface area contributed by atoms with Crippen LogP contribution in [0.3, 0.4) is 0 Å². The van der Waals surface area contributed by atoms with Crippen LogP contribution >= 0.6 is 23.1 Å². The quantitative estimate of drug-likeness (QED) is 0.810. The van der Waals surface area contributed by atoms with Gasteiger partial charge in [0.05, 0.1) is 5.75 Å². The zero-order valence-corrected chi connectivity index (χ0v) is 10.7. The molecule has 4 heteroatoms. The van der Waals surface area contributed by atoms with Crippen LogP contribution in [-0.4, -0.2) is 23.1 Å². The van der Waals surface area contributed by atoms with Crippen LogP contribution < -0.4 is 0 Å². The Morgan fingerprint density at radius 1 is 1.53 bits per heavy atom. The van der Waals surface area contributed by atoms with Gasteiger partial charge in [0, 0.05) is 16.3 Å². The number of amides is 1. The molecule has 2 nitrogen and oxygen atoms in total. The van der Waals surface area contributed by atoms with Crippen molar-refractivity contribution in [2.75, 3.05) is 12.3 Å². The predicted octanol–water partition coefficient (Wildman–Crippen LogP) is 3.04. The van der Waals surface area contributed by atoms with Crippen LogP contribution in [0.25, 0.3) is 0 Å². The summed E-state index contributed by atoms with van der Waals surface area (Å²) in [7, 11) is 0. The number of carbonyl (C=O) groups excluding carboxylic acids is 1. The van der Waals surface area contributed by atoms with Gasteiger partial charge >= 0.3 is 0 Å². The molecule has 0 saturated carbocycles. The van der Waals surface area contributed by atoms with E-state index in [4.69, 9.17) is 0 Å². The number of nitrogens with zero attached hydrogens (tertiary/aromatic N) is 1. The molecule has 2 rings (SSSR count). The van der Waals surface area contributed by atoms with Crippen LogP contribution in [0.2, 0.25) is 0 Å². The molecular weight excluding hydrogens is 226 g/mol. The summed E-state index contributed by atoms with van der Waals surface area (Å²) >= 11 is 3.55. The summed E-state index contributed by atoms with van der Waals surface area (Å²) in [5.41, 5.74) is 0. The average Bonchev–Trinajstić information content (AvgIpc) is 2.76. The second-order valence-electron chi connectivity index (χ2n) is 3.70. The minimum atomic E-state index is 0.274. The second-order valence-corrected chi connectivity index (χ2v) is 6.09. The third-order valence-electron chi connectivity index (χ3n) is 2.44. The van der Waals surface area contributed by atoms with E-state index < -0.39 is 0 Å². The minimum Gasteiger partial charge on any atom is -0.325 e. The van der Waals surface area contributed by atoms with E-state index in [1.165, 1.54) is 9.75 Å². The van der Waals surface area contributed by atoms with Crippen molar-refractivity contribution in [2.24, 2.45) is 0 Å². The number of thioether (sulfide) groups is 1. The predicted molar refractivity (Wildman–Crippen MR) is 66.3 cm³/mol. The highest BCUT2D eigenvalue weighted by Gasteiger charge is 2.32. The van der Waals surface area contributed by atoms with Crippen molar-refractivity contribution in [1.82, 2.24) is 4.90 Å². The summed E-state index contributed by atoms with van der Waals surface area (Å²) in [6.45, 7) is 5.11. The highest BCUT2D eigenvalue weighted by Crippen LogP contribution is 2.41. The fraction of sp³-hybridized carbons (Fsp3) is 0.545. The smallest absolute Gasteiger partial charge is 0.233 e. The van der Waals surface area contributed by atoms with Crippen LogP contribution in [0.15, 0.2) is 12.1 Å². The van der Waals surface area contributed by atoms with Crippen molar-refractivity contribution in [2.45, 2.75) is 25.6 Å². The highest BCUT2D eigenvalue weighted by molar-refractivity contribution is 8.00. The molecule has 1 atom stereocenters. The van der Waals surface area contributed by atoms with Crippen molar-refractivity contribution in [1.29, 1.82) is 0 Å². The minimum absolute atomic E-state index is 0.274. The standard InChI is InChI=1S/C11H15NOS2/c1-3-6-12-10(13)7-14-11(12)9-5-4-8(2)15-9/h4-5,11H,3,6-7H2,1-2H3. The Kier molecular flexibility index (Phi) is 3.36. The molecule has 1 aliphatic rings. The summed E-state index contributed by atoms with van der Waals surface area (Å²) in [6.07, 6.45) is 1.03. The fourth-order valence-corrected chi connectivity index (χ4v) is 4.09. The Balaban J connectivity index is 2.18. The maximum atomic E-state index is 11.7. The monoisotopic (exact) mass is 241 g/mol. The third kappa shape index (κ3) is 2.21. The summed E-state index contributed by atoms with van der Waals surface area (Å²) in [5.74, 6) is 0.930. The van der Waals surface area contributed by atoms with Gasteiger partial charge in [-0.15, -0.1) is 23.1 Å². The average molecular weight is 241 g/mol. The molecule has 0 N–H and O–H groups in total. The summed E-state index contributed by atoms with van der Waals surface area (Å²) in [6, 6.07) is 4.28. The Hall–Kier alpha value is -0.480. The van der Waals surface area contributed by atoms with Crippen molar-refractivity contribution in [3.05, 3.63) is 21.9 Å². The van der Waals surface area contributed by atoms with Gasteiger partial charge < -0.3 is 4.90 Å². The lowest BCUT2D eigenvalue weighted by Gasteiger charge is -2.22. The van der Waals surface area contributed by atoms with E-state index in [0.717, 1.165) is 13.0 Å². The largest absolute Gasteiger partial charge is 0.325 e. The third-order valence-corrected chi connectivity index (χ3v) is 4.88. The van der Waals surface area contributed by atoms with Crippen LogP contribution in [0.1, 0.15) is 28.5 Å². The molecule has 1 amide bonds. The maximum Gasteiger partial charge on any atom is 0.233 e. The first-order valence-electron chi connectivity index (χ1n) is 5.19. The Morgan fingerprint density at radius 3 is 2.93 bits per heavy atom. The Labute approximate surface area is 98.7 Å². The number of thiophene rings is 1. The number of rotatable bonds is 3. The lowest BCUT2D eigenvalue weighted by Crippen LogP contribution is -2.28. The van der Waals surface area contributed by atoms with E-state index in [1.54, 1.807) is 23.1 Å². The zero-order chi connectivity index (χ0) is 10.8. The van der Waals surface area contributed by atoms with Crippen LogP contribution in [0.4, 0.5) is 0 Å². The van der Waals surface area contributed by atoms with Crippen LogP contribution in [0.5, 0.6) is 0 Å². The SMILES string of the molecule is CCCN1C(=O)CSC1c1ccc(C)s1. The zero-order valence-electron chi connectivity index (χ0n) is 9.03. The Bertz CT molecular complexity index is 361. The molecule has 2 heterocycles. The molecule has 1 aromatic rings. The van der Waals surface area contributed by atoms with Gasteiger partial charge in [0.2, 0.25) is 5.91 Å². The molecule has 0 spiro atoms. The van der Waals surface area contributed by atoms with E-state index in [0.29, 0.717) is 5.75 Å². The fourth-order valence-electron chi connectivity index (χ4n) is 1.76. The van der Waals surface area contributed by atoms with E-state index >= 15 is 0 Å². The first-order valence-corrected chi connectivity index (χ1v) is 7.06. The lowest BCUT2D eigenvalue weighted by molar-refractivity contribution is -0.128. The number of hydrogen-bond donors (Lipinski definition) is 0. The van der Waals surface area contributed by atoms with Crippen LogP contribution in [0, 0.1) is 6.92 Å². The second kappa shape index (κ2) is 4.58. The molecule has 0 aliphatic carbocycles. The van der Waals surface area contributed by atoms with Gasteiger partial charge in [-0.1, -0.05) is 6.92 Å². The first-order chi connectivity index (χ1) is 7.22. The van der Waals surface area contributed by atoms with E-state index in [-0.39, 0.29) is 11.3 Å². The Morgan fingerprint density at radius 2 is 2.33 bits per heavy atom. The van der Waals surface area contributed by atoms with Crippen LogP contribution in [-0.2, 0) is 4.79 Å². The van der Waals surface area contributed by atoms with Gasteiger partial charge in [-0.3, -0.25) is 4.79 Å². The first kappa shape index (κ1) is 11.0. The molecule has 0 bridgehead atoms. The van der Waals surface area contributed by atoms with Crippen molar-refractivity contribution in [3.8, 4) is 0 Å². The van der Waals surface area contributed by atoms with E-state index in [9.17, 15) is 4.79 Å². The van der Waals surface area contributed by atoms with Gasteiger partial charge in [-0.2, -0.15) is 0 Å². The van der Waals surface area contributed by atoms with Gasteiger partial charge in [0.25, 0.3) is 0 Å². The van der Waals surface area contributed by atoms with Crippen molar-refractivity contribution >= 4 is 29.0 Å². The molecule has 15 heavy (non-hydrogen) atoms. The van der Waals surface area contributed by atoms with E-state index in [2.05, 4.69) is 26.0 Å². The molecular formula is C11H15NOS2. The molecule has 1 aliphatic heterocycles. The number of aryl methyl sites for hydroxylation is 1. The lowest BCUT2D eigenvalue weighted by atomic mass is 10.3. The summed E-state index contributed by atoms with van der Waals surface area (Å²) in [4.78, 5) is 16.3. The summed E-state index contributed by atoms with van der Waals surface area (Å²) in [5, 5.41) is 0.274. The van der Waals surface area contributed by atoms with Gasteiger partial charge in [-0.05, 0) is 25.5 Å². The molecule has 1 aromatic heterocycles.